The molecule has 18 heteroatoms. The quantitative estimate of drug-likeness (QED) is 0.0500. The molecule has 0 radical (unpaired) electrons. The van der Waals surface area contributed by atoms with Gasteiger partial charge in [0.15, 0.2) is 5.82 Å². The highest BCUT2D eigenvalue weighted by Gasteiger charge is 2.47. The number of H-pyrrole nitrogens is 1. The topological polar surface area (TPSA) is 228 Å². The van der Waals surface area contributed by atoms with Crippen LogP contribution in [0.4, 0.5) is 21.2 Å². The number of nitrogens with one attached hydrogen (secondary N) is 5. The highest BCUT2D eigenvalue weighted by molar-refractivity contribution is 6.05. The van der Waals surface area contributed by atoms with Gasteiger partial charge < -0.3 is 40.9 Å². The van der Waals surface area contributed by atoms with Crippen LogP contribution in [0.5, 0.6) is 0 Å². The van der Waals surface area contributed by atoms with E-state index in [1.165, 1.54) is 30.8 Å². The van der Waals surface area contributed by atoms with E-state index in [1.807, 2.05) is 88.4 Å². The number of hydrogen-bond acceptors (Lipinski definition) is 12. The largest absolute Gasteiger partial charge is 0.448 e. The monoisotopic (exact) mass is 1040 g/mol. The van der Waals surface area contributed by atoms with E-state index in [0.717, 1.165) is 47.1 Å². The van der Waals surface area contributed by atoms with Gasteiger partial charge in [0.05, 0.1) is 41.7 Å². The van der Waals surface area contributed by atoms with Gasteiger partial charge in [-0.05, 0) is 102 Å². The van der Waals surface area contributed by atoms with E-state index >= 15 is 0 Å². The van der Waals surface area contributed by atoms with E-state index in [4.69, 9.17) is 9.84 Å². The van der Waals surface area contributed by atoms with E-state index in [0.29, 0.717) is 47.7 Å². The SMILES string of the molecule is CC1(C)c2[nH]nc(NC(=O)c3ccccc3)c2CN1C(=O)N[C@@H]1C[C@H]1c1ccccc1.CCN(CC)CC.CCOC(=O)n1nc2c(c1NC(=O)c1ccccc1)CNC2(C)C.CO.O=C=N[C@@H]1C[C@H]1c1ccccc1. The molecule has 4 heterocycles. The lowest BCUT2D eigenvalue weighted by molar-refractivity contribution is 0.101. The van der Waals surface area contributed by atoms with Gasteiger partial charge in [-0.15, -0.1) is 4.68 Å². The number of carbonyl (C=O) groups is 4. The highest BCUT2D eigenvalue weighted by Crippen LogP contribution is 2.44. The number of aliphatic hydroxyl groups is 1. The smallest absolute Gasteiger partial charge is 0.436 e. The maximum absolute atomic E-state index is 13.1. The van der Waals surface area contributed by atoms with Crippen LogP contribution in [-0.4, -0.2) is 110 Å². The van der Waals surface area contributed by atoms with Gasteiger partial charge in [0.2, 0.25) is 6.08 Å². The molecule has 2 saturated carbocycles. The number of fused-ring (bicyclic) bond motifs is 2. The van der Waals surface area contributed by atoms with Crippen molar-refractivity contribution in [2.75, 3.05) is 44.0 Å². The Morgan fingerprint density at radius 3 is 1.79 bits per heavy atom. The number of amides is 4. The molecule has 6 aromatic rings. The van der Waals surface area contributed by atoms with Crippen LogP contribution in [0, 0.1) is 0 Å². The predicted octanol–water partition coefficient (Wildman–Crippen LogP) is 9.29. The standard InChI is InChI=1S/C24H25N5O2.C17H20N4O3.C10H9NO.C6H15N.CH4O/c1-24(2)20-18(21(28-27-20)26-22(30)16-11-7-4-8-12-16)14-29(24)23(31)25-19-13-17(19)15-9-5-3-6-10-15;1-4-24-16(23)21-14(12-10-18-17(2,3)13(12)20-21)19-15(22)11-8-6-5-7-9-11;12-7-11-10-6-9(10)8-4-2-1-3-5-8;1-4-7(5-2)6-3;1-2/h3-12,17,19H,13-14H2,1-2H3,(H,25,31)(H2,26,27,28,30);5-9,18H,4,10H2,1-3H3,(H,19,22);1-5,9-10H,6H2;4-6H2,1-3H3;2H,1H3/t17-,19+;;9-,10+;;/m0.0../s1. The maximum atomic E-state index is 13.1. The molecular weight excluding hydrogens is 963 g/mol. The van der Waals surface area contributed by atoms with Crippen molar-refractivity contribution in [3.8, 4) is 0 Å². The first-order valence-electron chi connectivity index (χ1n) is 25.9. The van der Waals surface area contributed by atoms with Crippen molar-refractivity contribution in [1.29, 1.82) is 0 Å². The van der Waals surface area contributed by atoms with E-state index in [2.05, 4.69) is 91.5 Å². The normalized spacial score (nSPS) is 18.3. The van der Waals surface area contributed by atoms with Crippen molar-refractivity contribution in [3.63, 3.8) is 0 Å². The molecule has 76 heavy (non-hydrogen) atoms. The minimum absolute atomic E-state index is 0.0987. The Morgan fingerprint density at radius 2 is 1.28 bits per heavy atom. The number of nitrogens with zero attached hydrogens (tertiary/aromatic N) is 6. The van der Waals surface area contributed by atoms with Crippen molar-refractivity contribution in [2.24, 2.45) is 4.99 Å². The number of carbonyl (C=O) groups excluding carboxylic acids is 5. The summed E-state index contributed by atoms with van der Waals surface area (Å²) in [5.74, 6) is 1.15. The molecule has 0 bridgehead atoms. The van der Waals surface area contributed by atoms with Crippen LogP contribution >= 0.6 is 0 Å². The van der Waals surface area contributed by atoms with Crippen molar-refractivity contribution < 1.29 is 33.8 Å². The average molecular weight is 1040 g/mol. The second-order valence-corrected chi connectivity index (χ2v) is 19.4. The number of benzene rings is 4. The van der Waals surface area contributed by atoms with Crippen LogP contribution in [0.15, 0.2) is 126 Å². The number of aromatic nitrogens is 4. The third kappa shape index (κ3) is 14.1. The number of hydrogen-bond donors (Lipinski definition) is 6. The first-order valence-corrected chi connectivity index (χ1v) is 25.9. The zero-order chi connectivity index (χ0) is 55.0. The maximum Gasteiger partial charge on any atom is 0.436 e. The summed E-state index contributed by atoms with van der Waals surface area (Å²) in [4.78, 5) is 68.1. The Hall–Kier alpha value is -7.76. The lowest BCUT2D eigenvalue weighted by atomic mass is 10.0. The minimum Gasteiger partial charge on any atom is -0.448 e. The van der Waals surface area contributed by atoms with Crippen molar-refractivity contribution in [3.05, 3.63) is 166 Å². The Morgan fingerprint density at radius 1 is 0.750 bits per heavy atom. The van der Waals surface area contributed by atoms with Crippen LogP contribution in [0.2, 0.25) is 0 Å². The molecule has 0 spiro atoms. The molecule has 2 aliphatic carbocycles. The first-order chi connectivity index (χ1) is 36.6. The number of anilines is 2. The van der Waals surface area contributed by atoms with Crippen molar-refractivity contribution >= 4 is 41.7 Å². The molecular formula is C58H73N11O7. The van der Waals surface area contributed by atoms with E-state index in [9.17, 15) is 24.0 Å². The van der Waals surface area contributed by atoms with E-state index in [-0.39, 0.29) is 42.1 Å². The Kier molecular flexibility index (Phi) is 20.2. The summed E-state index contributed by atoms with van der Waals surface area (Å²) in [6.07, 6.45) is 2.95. The zero-order valence-electron chi connectivity index (χ0n) is 45.1. The van der Waals surface area contributed by atoms with Gasteiger partial charge >= 0.3 is 12.1 Å². The fraction of sp³-hybridized carbons (Fsp3) is 0.397. The number of urea groups is 1. The molecule has 0 unspecified atom stereocenters. The molecule has 402 valence electrons. The van der Waals surface area contributed by atoms with Gasteiger partial charge in [0, 0.05) is 53.8 Å². The summed E-state index contributed by atoms with van der Waals surface area (Å²) in [7, 11) is 1.00. The lowest BCUT2D eigenvalue weighted by Gasteiger charge is -2.32. The van der Waals surface area contributed by atoms with Crippen molar-refractivity contribution in [2.45, 2.75) is 116 Å². The molecule has 2 fully saturated rings. The summed E-state index contributed by atoms with van der Waals surface area (Å²) < 4.78 is 6.19. The first kappa shape index (κ1) is 57.5. The van der Waals surface area contributed by atoms with Crippen LogP contribution in [-0.2, 0) is 33.7 Å². The van der Waals surface area contributed by atoms with E-state index in [1.54, 1.807) is 54.3 Å². The fourth-order valence-corrected chi connectivity index (χ4v) is 9.22. The highest BCUT2D eigenvalue weighted by atomic mass is 16.6. The molecule has 10 rings (SSSR count). The van der Waals surface area contributed by atoms with Gasteiger partial charge in [-0.25, -0.2) is 19.4 Å². The number of isocyanates is 1. The molecule has 4 aromatic carbocycles. The Labute approximate surface area is 445 Å². The van der Waals surface area contributed by atoms with Crippen LogP contribution in [0.25, 0.3) is 0 Å². The Bertz CT molecular complexity index is 2890. The van der Waals surface area contributed by atoms with Gasteiger partial charge in [-0.2, -0.15) is 10.2 Å². The molecule has 2 aliphatic heterocycles. The van der Waals surface area contributed by atoms with Crippen LogP contribution in [0.1, 0.15) is 134 Å². The molecule has 4 aliphatic rings. The second kappa shape index (κ2) is 26.6. The number of aliphatic imine (C=N–C) groups is 1. The fourth-order valence-electron chi connectivity index (χ4n) is 9.22. The lowest BCUT2D eigenvalue weighted by Crippen LogP contribution is -2.47. The predicted molar refractivity (Wildman–Crippen MR) is 294 cm³/mol. The summed E-state index contributed by atoms with van der Waals surface area (Å²) in [5.41, 5.74) is 5.91. The van der Waals surface area contributed by atoms with Gasteiger partial charge in [0.1, 0.15) is 5.82 Å². The third-order valence-corrected chi connectivity index (χ3v) is 13.8. The number of aromatic amines is 1. The molecule has 6 N–H and O–H groups in total. The summed E-state index contributed by atoms with van der Waals surface area (Å²) in [6, 6.07) is 38.5. The molecule has 4 atom stereocenters. The van der Waals surface area contributed by atoms with Gasteiger partial charge in [0.25, 0.3) is 11.8 Å². The van der Waals surface area contributed by atoms with Crippen LogP contribution in [0.3, 0.4) is 0 Å². The summed E-state index contributed by atoms with van der Waals surface area (Å²) in [5, 5.41) is 30.9. The molecule has 4 amide bonds. The zero-order valence-corrected chi connectivity index (χ0v) is 45.1. The minimum atomic E-state index is -0.605. The van der Waals surface area contributed by atoms with Crippen LogP contribution < -0.4 is 21.3 Å². The summed E-state index contributed by atoms with van der Waals surface area (Å²) in [6.45, 7) is 20.9. The van der Waals surface area contributed by atoms with Crippen molar-refractivity contribution in [1.82, 2.24) is 40.4 Å². The van der Waals surface area contributed by atoms with Gasteiger partial charge in [-0.3, -0.25) is 14.7 Å². The second-order valence-electron chi connectivity index (χ2n) is 19.4. The number of aliphatic hydroxyl groups excluding tert-OH is 1. The average Bonchev–Trinajstić information content (AvgIpc) is 4.23. The molecule has 2 aromatic heterocycles. The number of ether oxygens (including phenoxy) is 1. The summed E-state index contributed by atoms with van der Waals surface area (Å²) >= 11 is 0. The third-order valence-electron chi connectivity index (χ3n) is 13.8. The molecule has 18 nitrogen and oxygen atoms in total. The van der Waals surface area contributed by atoms with E-state index < -0.39 is 11.6 Å². The number of rotatable bonds is 12. The molecule has 0 saturated heterocycles. The van der Waals surface area contributed by atoms with Gasteiger partial charge in [-0.1, -0.05) is 118 Å². The Balaban J connectivity index is 0.000000183.